The molecule has 82 valence electrons. The molecule has 0 bridgehead atoms. The molecule has 0 aliphatic rings. The van der Waals surface area contributed by atoms with Crippen LogP contribution in [-0.2, 0) is 0 Å². The fraction of sp³-hybridized carbons (Fsp3) is 0.0909. The van der Waals surface area contributed by atoms with Gasteiger partial charge < -0.3 is 0 Å². The van der Waals surface area contributed by atoms with Gasteiger partial charge in [0.25, 0.3) is 0 Å². The van der Waals surface area contributed by atoms with Crippen LogP contribution in [0.1, 0.15) is 10.5 Å². The second-order valence-electron chi connectivity index (χ2n) is 3.12. The summed E-state index contributed by atoms with van der Waals surface area (Å²) in [7, 11) is 0. The molecule has 0 fully saturated rings. The summed E-state index contributed by atoms with van der Waals surface area (Å²) in [5.41, 5.74) is 1.10. The van der Waals surface area contributed by atoms with Crippen LogP contribution < -0.4 is 0 Å². The molecular weight excluding hydrogens is 227 g/mol. The molecular formula is C11H9FN2OS. The normalized spacial score (nSPS) is 10.4. The van der Waals surface area contributed by atoms with E-state index in [1.807, 2.05) is 6.26 Å². The molecule has 0 aliphatic heterocycles. The van der Waals surface area contributed by atoms with Gasteiger partial charge in [-0.15, -0.1) is 11.8 Å². The average Bonchev–Trinajstić information content (AvgIpc) is 2.73. The molecule has 0 saturated carbocycles. The third-order valence-corrected chi connectivity index (χ3v) is 2.81. The second-order valence-corrected chi connectivity index (χ2v) is 3.94. The zero-order valence-electron chi connectivity index (χ0n) is 8.55. The van der Waals surface area contributed by atoms with E-state index in [-0.39, 0.29) is 5.82 Å². The van der Waals surface area contributed by atoms with Crippen LogP contribution in [0.5, 0.6) is 0 Å². The van der Waals surface area contributed by atoms with E-state index >= 15 is 0 Å². The number of rotatable bonds is 3. The van der Waals surface area contributed by atoms with Gasteiger partial charge >= 0.3 is 0 Å². The third-order valence-electron chi connectivity index (χ3n) is 2.10. The molecule has 0 atom stereocenters. The van der Waals surface area contributed by atoms with E-state index in [0.717, 1.165) is 10.7 Å². The van der Waals surface area contributed by atoms with E-state index in [2.05, 4.69) is 5.10 Å². The second kappa shape index (κ2) is 4.49. The minimum absolute atomic E-state index is 0.294. The first kappa shape index (κ1) is 10.9. The maximum Gasteiger partial charge on any atom is 0.170 e. The fourth-order valence-corrected chi connectivity index (χ4v) is 1.91. The number of benzene rings is 1. The number of aromatic nitrogens is 2. The van der Waals surface area contributed by atoms with Crippen molar-refractivity contribution in [1.82, 2.24) is 9.78 Å². The number of carbonyl (C=O) groups is 1. The van der Waals surface area contributed by atoms with Crippen LogP contribution in [0.25, 0.3) is 5.69 Å². The molecule has 0 radical (unpaired) electrons. The average molecular weight is 236 g/mol. The number of halogens is 1. The van der Waals surface area contributed by atoms with Gasteiger partial charge in [-0.3, -0.25) is 4.79 Å². The third kappa shape index (κ3) is 1.99. The molecule has 2 aromatic rings. The van der Waals surface area contributed by atoms with Crippen LogP contribution in [0.15, 0.2) is 35.4 Å². The molecule has 16 heavy (non-hydrogen) atoms. The molecule has 2 rings (SSSR count). The maximum absolute atomic E-state index is 12.8. The van der Waals surface area contributed by atoms with E-state index in [1.165, 1.54) is 23.9 Å². The summed E-state index contributed by atoms with van der Waals surface area (Å²) in [4.78, 5) is 10.6. The zero-order valence-corrected chi connectivity index (χ0v) is 9.37. The first-order valence-electron chi connectivity index (χ1n) is 4.60. The molecule has 1 heterocycles. The van der Waals surface area contributed by atoms with Crippen molar-refractivity contribution >= 4 is 18.0 Å². The molecule has 1 aromatic carbocycles. The summed E-state index contributed by atoms with van der Waals surface area (Å²) in [6.07, 6.45) is 2.59. The van der Waals surface area contributed by atoms with E-state index < -0.39 is 0 Å². The lowest BCUT2D eigenvalue weighted by Gasteiger charge is -2.04. The fourth-order valence-electron chi connectivity index (χ4n) is 1.35. The first-order chi connectivity index (χ1) is 7.74. The Bertz CT molecular complexity index is 507. The van der Waals surface area contributed by atoms with Gasteiger partial charge in [0.2, 0.25) is 0 Å². The van der Waals surface area contributed by atoms with Gasteiger partial charge in [0.15, 0.2) is 6.29 Å². The van der Waals surface area contributed by atoms with E-state index in [0.29, 0.717) is 12.0 Å². The molecule has 3 nitrogen and oxygen atoms in total. The van der Waals surface area contributed by atoms with Gasteiger partial charge in [-0.1, -0.05) is 0 Å². The molecule has 5 heteroatoms. The van der Waals surface area contributed by atoms with E-state index in [9.17, 15) is 9.18 Å². The molecule has 1 aromatic heterocycles. The number of thioether (sulfide) groups is 1. The predicted molar refractivity (Wildman–Crippen MR) is 60.7 cm³/mol. The minimum atomic E-state index is -0.294. The van der Waals surface area contributed by atoms with Crippen LogP contribution in [0.4, 0.5) is 4.39 Å². The van der Waals surface area contributed by atoms with Crippen molar-refractivity contribution in [3.8, 4) is 5.69 Å². The van der Waals surface area contributed by atoms with Crippen molar-refractivity contribution in [2.75, 3.05) is 6.26 Å². The molecule has 0 spiro atoms. The van der Waals surface area contributed by atoms with Gasteiger partial charge in [0.05, 0.1) is 5.69 Å². The number of hydrogen-bond acceptors (Lipinski definition) is 3. The minimum Gasteiger partial charge on any atom is -0.296 e. The Kier molecular flexibility index (Phi) is 3.05. The van der Waals surface area contributed by atoms with Crippen LogP contribution in [-0.4, -0.2) is 22.3 Å². The lowest BCUT2D eigenvalue weighted by Crippen LogP contribution is -1.98. The van der Waals surface area contributed by atoms with Crippen molar-refractivity contribution in [2.45, 2.75) is 5.03 Å². The Balaban J connectivity index is 2.49. The summed E-state index contributed by atoms with van der Waals surface area (Å²) in [6, 6.07) is 7.66. The monoisotopic (exact) mass is 236 g/mol. The van der Waals surface area contributed by atoms with Crippen LogP contribution in [0.2, 0.25) is 0 Å². The topological polar surface area (TPSA) is 34.9 Å². The van der Waals surface area contributed by atoms with Gasteiger partial charge in [0, 0.05) is 6.07 Å². The van der Waals surface area contributed by atoms with Crippen molar-refractivity contribution in [1.29, 1.82) is 0 Å². The van der Waals surface area contributed by atoms with Crippen molar-refractivity contribution < 1.29 is 9.18 Å². The number of nitrogens with zero attached hydrogens (tertiary/aromatic N) is 2. The highest BCUT2D eigenvalue weighted by Gasteiger charge is 2.08. The van der Waals surface area contributed by atoms with E-state index in [4.69, 9.17) is 0 Å². The van der Waals surface area contributed by atoms with Gasteiger partial charge in [-0.25, -0.2) is 9.07 Å². The predicted octanol–water partition coefficient (Wildman–Crippen LogP) is 2.55. The molecule has 0 unspecified atom stereocenters. The van der Waals surface area contributed by atoms with Crippen LogP contribution >= 0.6 is 11.8 Å². The number of aldehydes is 1. The van der Waals surface area contributed by atoms with Gasteiger partial charge in [0.1, 0.15) is 16.5 Å². The zero-order chi connectivity index (χ0) is 11.5. The quantitative estimate of drug-likeness (QED) is 0.606. The summed E-state index contributed by atoms with van der Waals surface area (Å²) in [6.45, 7) is 0. The molecule has 0 amide bonds. The Morgan fingerprint density at radius 1 is 1.38 bits per heavy atom. The maximum atomic E-state index is 12.8. The van der Waals surface area contributed by atoms with Gasteiger partial charge in [-0.05, 0) is 30.5 Å². The number of hydrogen-bond donors (Lipinski definition) is 0. The largest absolute Gasteiger partial charge is 0.296 e. The standard InChI is InChI=1S/C11H9FN2OS/c1-16-11-6-9(7-15)13-14(11)10-4-2-8(12)3-5-10/h2-7H,1H3. The highest BCUT2D eigenvalue weighted by atomic mass is 32.2. The summed E-state index contributed by atoms with van der Waals surface area (Å²) in [5, 5.41) is 4.95. The molecule has 0 saturated heterocycles. The van der Waals surface area contributed by atoms with Gasteiger partial charge in [-0.2, -0.15) is 5.10 Å². The van der Waals surface area contributed by atoms with Crippen molar-refractivity contribution in [3.63, 3.8) is 0 Å². The highest BCUT2D eigenvalue weighted by molar-refractivity contribution is 7.98. The van der Waals surface area contributed by atoms with E-state index in [1.54, 1.807) is 22.9 Å². The lowest BCUT2D eigenvalue weighted by molar-refractivity contribution is 0.111. The molecule has 0 N–H and O–H groups in total. The van der Waals surface area contributed by atoms with Crippen molar-refractivity contribution in [2.24, 2.45) is 0 Å². The lowest BCUT2D eigenvalue weighted by atomic mass is 10.3. The Morgan fingerprint density at radius 2 is 2.06 bits per heavy atom. The Hall–Kier alpha value is -1.62. The highest BCUT2D eigenvalue weighted by Crippen LogP contribution is 2.20. The summed E-state index contributed by atoms with van der Waals surface area (Å²) >= 11 is 1.48. The number of carbonyl (C=O) groups excluding carboxylic acids is 1. The Labute approximate surface area is 96.3 Å². The van der Waals surface area contributed by atoms with Crippen molar-refractivity contribution in [3.05, 3.63) is 41.8 Å². The smallest absolute Gasteiger partial charge is 0.170 e. The SMILES string of the molecule is CSc1cc(C=O)nn1-c1ccc(F)cc1. The summed E-state index contributed by atoms with van der Waals surface area (Å²) < 4.78 is 14.4. The summed E-state index contributed by atoms with van der Waals surface area (Å²) in [5.74, 6) is -0.294. The first-order valence-corrected chi connectivity index (χ1v) is 5.82. The Morgan fingerprint density at radius 3 is 2.62 bits per heavy atom. The van der Waals surface area contributed by atoms with Crippen LogP contribution in [0.3, 0.4) is 0 Å². The molecule has 0 aliphatic carbocycles. The van der Waals surface area contributed by atoms with Crippen LogP contribution in [0, 0.1) is 5.82 Å².